The predicted octanol–water partition coefficient (Wildman–Crippen LogP) is 3.03. The van der Waals surface area contributed by atoms with Gasteiger partial charge in [-0.15, -0.1) is 0 Å². The molecule has 0 bridgehead atoms. The van der Waals surface area contributed by atoms with Crippen molar-refractivity contribution in [3.63, 3.8) is 0 Å². The second-order valence-electron chi connectivity index (χ2n) is 4.90. The number of anilines is 1. The van der Waals surface area contributed by atoms with Crippen molar-refractivity contribution in [2.45, 2.75) is 6.92 Å². The van der Waals surface area contributed by atoms with E-state index in [1.165, 1.54) is 6.07 Å². The molecule has 0 aliphatic rings. The number of nitrogens with zero attached hydrogens (tertiary/aromatic N) is 1. The van der Waals surface area contributed by atoms with E-state index >= 15 is 0 Å². The summed E-state index contributed by atoms with van der Waals surface area (Å²) in [5.74, 6) is -0.912. The van der Waals surface area contributed by atoms with Crippen molar-refractivity contribution in [1.29, 1.82) is 0 Å². The lowest BCUT2D eigenvalue weighted by Gasteiger charge is -2.11. The number of hydrogen-bond donors (Lipinski definition) is 1. The smallest absolute Gasteiger partial charge is 0.338 e. The fraction of sp³-hybridized carbons (Fsp3) is 0.176. The first-order valence-electron chi connectivity index (χ1n) is 7.37. The normalized spacial score (nSPS) is 10.0. The molecule has 0 aliphatic heterocycles. The molecule has 2 aromatic rings. The van der Waals surface area contributed by atoms with Gasteiger partial charge in [0.25, 0.3) is 11.6 Å². The third kappa shape index (κ3) is 4.31. The van der Waals surface area contributed by atoms with Crippen molar-refractivity contribution in [1.82, 2.24) is 0 Å². The highest BCUT2D eigenvalue weighted by molar-refractivity contribution is 6.06. The quantitative estimate of drug-likeness (QED) is 0.490. The molecule has 0 spiro atoms. The minimum Gasteiger partial charge on any atom is -0.492 e. The third-order valence-electron chi connectivity index (χ3n) is 3.25. The van der Waals surface area contributed by atoms with Crippen molar-refractivity contribution < 1.29 is 24.0 Å². The maximum atomic E-state index is 12.5. The van der Waals surface area contributed by atoms with Crippen LogP contribution in [0.25, 0.3) is 0 Å². The number of benzene rings is 2. The molecule has 1 N–H and O–H groups in total. The van der Waals surface area contributed by atoms with E-state index in [9.17, 15) is 19.7 Å². The van der Waals surface area contributed by atoms with Gasteiger partial charge in [0.15, 0.2) is 0 Å². The lowest BCUT2D eigenvalue weighted by atomic mass is 10.1. The number of nitro benzene ring substituents is 1. The van der Waals surface area contributed by atoms with Crippen molar-refractivity contribution in [2.75, 3.05) is 19.0 Å². The maximum Gasteiger partial charge on any atom is 0.338 e. The van der Waals surface area contributed by atoms with E-state index in [1.54, 1.807) is 24.3 Å². The van der Waals surface area contributed by atoms with Gasteiger partial charge < -0.3 is 14.8 Å². The Labute approximate surface area is 143 Å². The monoisotopic (exact) mass is 344 g/mol. The Kier molecular flexibility index (Phi) is 5.67. The number of nitrogens with one attached hydrogen (secondary N) is 1. The van der Waals surface area contributed by atoms with Crippen LogP contribution in [-0.4, -0.2) is 30.5 Å². The predicted molar refractivity (Wildman–Crippen MR) is 90.0 cm³/mol. The van der Waals surface area contributed by atoms with Gasteiger partial charge in [0, 0.05) is 17.7 Å². The molecular weight excluding hydrogens is 328 g/mol. The number of hydrogen-bond acceptors (Lipinski definition) is 6. The number of methoxy groups -OCH3 is 1. The first-order valence-corrected chi connectivity index (χ1v) is 7.37. The summed E-state index contributed by atoms with van der Waals surface area (Å²) in [5, 5.41) is 13.7. The van der Waals surface area contributed by atoms with E-state index in [0.29, 0.717) is 18.0 Å². The lowest BCUT2D eigenvalue weighted by Crippen LogP contribution is -2.14. The summed E-state index contributed by atoms with van der Waals surface area (Å²) in [6.07, 6.45) is 0. The molecule has 0 atom stereocenters. The molecule has 0 saturated heterocycles. The average Bonchev–Trinajstić information content (AvgIpc) is 2.62. The topological polar surface area (TPSA) is 108 Å². The zero-order valence-electron chi connectivity index (χ0n) is 13.6. The Morgan fingerprint density at radius 1 is 1.16 bits per heavy atom. The molecule has 2 aromatic carbocycles. The lowest BCUT2D eigenvalue weighted by molar-refractivity contribution is -0.384. The molecule has 1 amide bonds. The minimum atomic E-state index is -0.771. The Bertz CT molecular complexity index is 819. The third-order valence-corrected chi connectivity index (χ3v) is 3.25. The zero-order valence-corrected chi connectivity index (χ0v) is 13.6. The van der Waals surface area contributed by atoms with E-state index in [0.717, 1.165) is 19.2 Å². The van der Waals surface area contributed by atoms with Crippen LogP contribution in [0.1, 0.15) is 27.6 Å². The fourth-order valence-electron chi connectivity index (χ4n) is 2.13. The molecular formula is C17H16N2O6. The van der Waals surface area contributed by atoms with Gasteiger partial charge in [-0.25, -0.2) is 4.79 Å². The van der Waals surface area contributed by atoms with Gasteiger partial charge in [0.2, 0.25) is 0 Å². The standard InChI is InChI=1S/C17H16N2O6/c1-3-25-15-7-5-4-6-14(15)18-16(20)11-8-12(17(21)24-2)10-13(9-11)19(22)23/h4-10H,3H2,1-2H3,(H,18,20). The summed E-state index contributed by atoms with van der Waals surface area (Å²) >= 11 is 0. The highest BCUT2D eigenvalue weighted by Crippen LogP contribution is 2.25. The number of rotatable bonds is 6. The molecule has 0 heterocycles. The van der Waals surface area contributed by atoms with Crippen LogP contribution in [0.4, 0.5) is 11.4 Å². The Balaban J connectivity index is 2.37. The molecule has 25 heavy (non-hydrogen) atoms. The van der Waals surface area contributed by atoms with Gasteiger partial charge in [-0.3, -0.25) is 14.9 Å². The molecule has 0 aromatic heterocycles. The summed E-state index contributed by atoms with van der Waals surface area (Å²) in [6.45, 7) is 2.22. The van der Waals surface area contributed by atoms with Crippen molar-refractivity contribution in [2.24, 2.45) is 0 Å². The molecule has 0 saturated carbocycles. The van der Waals surface area contributed by atoms with E-state index in [4.69, 9.17) is 4.74 Å². The van der Waals surface area contributed by atoms with Gasteiger partial charge in [-0.2, -0.15) is 0 Å². The highest BCUT2D eigenvalue weighted by Gasteiger charge is 2.19. The van der Waals surface area contributed by atoms with Crippen LogP contribution >= 0.6 is 0 Å². The van der Waals surface area contributed by atoms with Crippen LogP contribution < -0.4 is 10.1 Å². The van der Waals surface area contributed by atoms with Crippen molar-refractivity contribution in [3.8, 4) is 5.75 Å². The molecule has 0 unspecified atom stereocenters. The second kappa shape index (κ2) is 7.91. The molecule has 8 nitrogen and oxygen atoms in total. The maximum absolute atomic E-state index is 12.5. The molecule has 130 valence electrons. The molecule has 8 heteroatoms. The molecule has 2 rings (SSSR count). The number of amides is 1. The van der Waals surface area contributed by atoms with E-state index in [-0.39, 0.29) is 16.8 Å². The summed E-state index contributed by atoms with van der Waals surface area (Å²) in [4.78, 5) is 34.5. The number of nitro groups is 1. The first kappa shape index (κ1) is 17.9. The van der Waals surface area contributed by atoms with Gasteiger partial charge in [0.1, 0.15) is 5.75 Å². The summed E-state index contributed by atoms with van der Waals surface area (Å²) < 4.78 is 9.98. The minimum absolute atomic E-state index is 0.0408. The fourth-order valence-corrected chi connectivity index (χ4v) is 2.13. The Hall–Kier alpha value is -3.42. The van der Waals surface area contributed by atoms with Crippen LogP contribution in [0.15, 0.2) is 42.5 Å². The number of para-hydroxylation sites is 2. The zero-order chi connectivity index (χ0) is 18.4. The number of carbonyl (C=O) groups excluding carboxylic acids is 2. The summed E-state index contributed by atoms with van der Waals surface area (Å²) in [5.41, 5.74) is -0.0903. The molecule has 0 fully saturated rings. The van der Waals surface area contributed by atoms with E-state index in [2.05, 4.69) is 10.1 Å². The van der Waals surface area contributed by atoms with Crippen LogP contribution in [0.5, 0.6) is 5.75 Å². The van der Waals surface area contributed by atoms with Crippen LogP contribution in [0, 0.1) is 10.1 Å². The van der Waals surface area contributed by atoms with Crippen LogP contribution in [0.2, 0.25) is 0 Å². The van der Waals surface area contributed by atoms with E-state index in [1.807, 2.05) is 6.92 Å². The Morgan fingerprint density at radius 2 is 1.84 bits per heavy atom. The van der Waals surface area contributed by atoms with Gasteiger partial charge >= 0.3 is 5.97 Å². The van der Waals surface area contributed by atoms with Crippen LogP contribution in [0.3, 0.4) is 0 Å². The van der Waals surface area contributed by atoms with Crippen molar-refractivity contribution in [3.05, 3.63) is 63.7 Å². The number of esters is 1. The van der Waals surface area contributed by atoms with Gasteiger partial charge in [-0.1, -0.05) is 12.1 Å². The van der Waals surface area contributed by atoms with Gasteiger partial charge in [0.05, 0.1) is 29.9 Å². The van der Waals surface area contributed by atoms with Gasteiger partial charge in [-0.05, 0) is 25.1 Å². The average molecular weight is 344 g/mol. The van der Waals surface area contributed by atoms with E-state index < -0.39 is 16.8 Å². The number of carbonyl (C=O) groups is 2. The number of non-ortho nitro benzene ring substituents is 1. The number of ether oxygens (including phenoxy) is 2. The second-order valence-corrected chi connectivity index (χ2v) is 4.90. The first-order chi connectivity index (χ1) is 12.0. The largest absolute Gasteiger partial charge is 0.492 e. The van der Waals surface area contributed by atoms with Crippen LogP contribution in [-0.2, 0) is 4.74 Å². The summed E-state index contributed by atoms with van der Waals surface area (Å²) in [6, 6.07) is 10.2. The Morgan fingerprint density at radius 3 is 2.48 bits per heavy atom. The van der Waals surface area contributed by atoms with Crippen molar-refractivity contribution >= 4 is 23.3 Å². The SMILES string of the molecule is CCOc1ccccc1NC(=O)c1cc(C(=O)OC)cc([N+](=O)[O-])c1. The summed E-state index contributed by atoms with van der Waals surface area (Å²) in [7, 11) is 1.15. The highest BCUT2D eigenvalue weighted by atomic mass is 16.6. The molecule has 0 aliphatic carbocycles. The molecule has 0 radical (unpaired) electrons.